The maximum absolute atomic E-state index is 10.1. The highest BCUT2D eigenvalue weighted by Gasteiger charge is 2.42. The van der Waals surface area contributed by atoms with Gasteiger partial charge in [-0.1, -0.05) is 12.2 Å². The van der Waals surface area contributed by atoms with Crippen LogP contribution in [0.5, 0.6) is 0 Å². The van der Waals surface area contributed by atoms with Crippen LogP contribution in [0.3, 0.4) is 0 Å². The lowest BCUT2D eigenvalue weighted by atomic mass is 10.1. The second-order valence-electron chi connectivity index (χ2n) is 4.32. The third-order valence-corrected chi connectivity index (χ3v) is 3.12. The van der Waals surface area contributed by atoms with Gasteiger partial charge in [0.1, 0.15) is 6.26 Å². The molecule has 1 aromatic heterocycles. The summed E-state index contributed by atoms with van der Waals surface area (Å²) in [7, 11) is 0. The molecule has 2 unspecified atom stereocenters. The number of hydrogen-bond acceptors (Lipinski definition) is 6. The summed E-state index contributed by atoms with van der Waals surface area (Å²) in [4.78, 5) is 11.5. The fraction of sp³-hybridized carbons (Fsp3) is 0.417. The molecule has 0 radical (unpaired) electrons. The number of fused-ring (bicyclic) bond motifs is 2. The first kappa shape index (κ1) is 11.6. The molecule has 3 rings (SSSR count). The van der Waals surface area contributed by atoms with E-state index in [0.29, 0.717) is 19.0 Å². The number of aromatic nitrogens is 1. The molecule has 0 spiro atoms. The van der Waals surface area contributed by atoms with Crippen molar-refractivity contribution in [1.82, 2.24) is 14.9 Å². The molecule has 2 aliphatic rings. The van der Waals surface area contributed by atoms with Crippen molar-refractivity contribution in [3.63, 3.8) is 0 Å². The van der Waals surface area contributed by atoms with Crippen molar-refractivity contribution in [3.8, 4) is 0 Å². The van der Waals surface area contributed by atoms with E-state index in [2.05, 4.69) is 11.6 Å². The van der Waals surface area contributed by atoms with Crippen LogP contribution in [-0.2, 0) is 4.84 Å². The Labute approximate surface area is 105 Å². The van der Waals surface area contributed by atoms with Crippen LogP contribution in [0.2, 0.25) is 0 Å². The van der Waals surface area contributed by atoms with Crippen molar-refractivity contribution in [3.05, 3.63) is 37.1 Å². The molecule has 0 aliphatic carbocycles. The Bertz CT molecular complexity index is 457. The second-order valence-corrected chi connectivity index (χ2v) is 4.32. The zero-order valence-electron chi connectivity index (χ0n) is 9.90. The molecule has 3 atom stereocenters. The normalized spacial score (nSPS) is 31.4. The third-order valence-electron chi connectivity index (χ3n) is 3.12. The number of hydroxylamine groups is 2. The van der Waals surface area contributed by atoms with Crippen LogP contribution in [0.25, 0.3) is 5.57 Å². The van der Waals surface area contributed by atoms with Crippen LogP contribution in [0, 0.1) is 0 Å². The zero-order chi connectivity index (χ0) is 12.5. The van der Waals surface area contributed by atoms with Gasteiger partial charge in [-0.2, -0.15) is 0 Å². The number of aliphatic hydroxyl groups is 1. The summed E-state index contributed by atoms with van der Waals surface area (Å²) in [6, 6.07) is 0.00981. The molecule has 1 saturated heterocycles. The van der Waals surface area contributed by atoms with Gasteiger partial charge in [-0.05, 0) is 0 Å². The van der Waals surface area contributed by atoms with Gasteiger partial charge in [0, 0.05) is 18.7 Å². The fourth-order valence-electron chi connectivity index (χ4n) is 2.35. The van der Waals surface area contributed by atoms with Crippen LogP contribution >= 0.6 is 0 Å². The van der Waals surface area contributed by atoms with Crippen LogP contribution < -0.4 is 0 Å². The van der Waals surface area contributed by atoms with E-state index in [4.69, 9.17) is 9.25 Å². The quantitative estimate of drug-likeness (QED) is 0.782. The molecule has 2 bridgehead atoms. The van der Waals surface area contributed by atoms with Crippen molar-refractivity contribution in [2.45, 2.75) is 12.4 Å². The Morgan fingerprint density at radius 3 is 3.28 bits per heavy atom. The van der Waals surface area contributed by atoms with E-state index in [9.17, 15) is 5.11 Å². The predicted molar refractivity (Wildman–Crippen MR) is 63.8 cm³/mol. The van der Waals surface area contributed by atoms with E-state index in [1.165, 1.54) is 0 Å². The largest absolute Gasteiger partial charge is 0.445 e. The molecule has 1 aromatic rings. The van der Waals surface area contributed by atoms with Crippen molar-refractivity contribution < 1.29 is 14.4 Å². The molecule has 0 saturated carbocycles. The van der Waals surface area contributed by atoms with E-state index >= 15 is 0 Å². The Morgan fingerprint density at radius 2 is 2.56 bits per heavy atom. The van der Waals surface area contributed by atoms with E-state index in [1.54, 1.807) is 23.6 Å². The molecule has 6 nitrogen and oxygen atoms in total. The SMILES string of the molecule is C=CCON1C(O)N2CC(c3ncco3)=C[C@@H]1C2. The first-order chi connectivity index (χ1) is 8.79. The summed E-state index contributed by atoms with van der Waals surface area (Å²) in [5.74, 6) is 0.600. The summed E-state index contributed by atoms with van der Waals surface area (Å²) in [5, 5.41) is 11.7. The van der Waals surface area contributed by atoms with Gasteiger partial charge >= 0.3 is 0 Å². The van der Waals surface area contributed by atoms with Crippen LogP contribution in [0.4, 0.5) is 0 Å². The van der Waals surface area contributed by atoms with E-state index < -0.39 is 6.35 Å². The van der Waals surface area contributed by atoms with E-state index in [-0.39, 0.29) is 6.04 Å². The lowest BCUT2D eigenvalue weighted by Gasteiger charge is -2.23. The Hall–Kier alpha value is -1.47. The number of rotatable bonds is 4. The molecule has 18 heavy (non-hydrogen) atoms. The lowest BCUT2D eigenvalue weighted by molar-refractivity contribution is -0.246. The van der Waals surface area contributed by atoms with Gasteiger partial charge in [-0.25, -0.2) is 4.98 Å². The minimum Gasteiger partial charge on any atom is -0.445 e. The van der Waals surface area contributed by atoms with Crippen molar-refractivity contribution in [1.29, 1.82) is 0 Å². The standard InChI is InChI=1S/C12H15N3O3/c1-2-4-18-15-10-6-9(11-13-3-5-17-11)7-14(8-10)12(15)16/h2-3,5-6,10,12,16H,1,4,7-8H2/t10-,12?/m1/s1. The number of nitrogens with zero attached hydrogens (tertiary/aromatic N) is 3. The summed E-state index contributed by atoms with van der Waals surface area (Å²) in [6.45, 7) is 5.32. The summed E-state index contributed by atoms with van der Waals surface area (Å²) in [6.07, 6.45) is 6.11. The van der Waals surface area contributed by atoms with Gasteiger partial charge in [0.2, 0.25) is 5.89 Å². The second kappa shape index (κ2) is 4.66. The highest BCUT2D eigenvalue weighted by atomic mass is 16.7. The molecule has 96 valence electrons. The smallest absolute Gasteiger partial charge is 0.222 e. The number of aliphatic hydroxyl groups excluding tert-OH is 1. The molecule has 1 N–H and O–H groups in total. The molecule has 1 fully saturated rings. The number of oxazole rings is 1. The fourth-order valence-corrected chi connectivity index (χ4v) is 2.35. The third kappa shape index (κ3) is 1.89. The molecule has 0 amide bonds. The van der Waals surface area contributed by atoms with Crippen molar-refractivity contribution >= 4 is 5.57 Å². The average molecular weight is 249 g/mol. The average Bonchev–Trinajstić information content (AvgIpc) is 2.98. The van der Waals surface area contributed by atoms with Gasteiger partial charge in [0.05, 0.1) is 18.8 Å². The van der Waals surface area contributed by atoms with Gasteiger partial charge in [-0.3, -0.25) is 9.74 Å². The topological polar surface area (TPSA) is 62.0 Å². The number of hydrogen-bond donors (Lipinski definition) is 1. The van der Waals surface area contributed by atoms with Crippen LogP contribution in [0.15, 0.2) is 35.6 Å². The van der Waals surface area contributed by atoms with Crippen molar-refractivity contribution in [2.75, 3.05) is 19.7 Å². The molecule has 6 heteroatoms. The van der Waals surface area contributed by atoms with Crippen molar-refractivity contribution in [2.24, 2.45) is 0 Å². The van der Waals surface area contributed by atoms with Crippen LogP contribution in [0.1, 0.15) is 5.89 Å². The maximum atomic E-state index is 10.1. The zero-order valence-corrected chi connectivity index (χ0v) is 9.90. The summed E-state index contributed by atoms with van der Waals surface area (Å²) >= 11 is 0. The first-order valence-electron chi connectivity index (χ1n) is 5.84. The van der Waals surface area contributed by atoms with Gasteiger partial charge in [0.25, 0.3) is 0 Å². The minimum absolute atomic E-state index is 0.00981. The van der Waals surface area contributed by atoms with E-state index in [1.807, 2.05) is 11.0 Å². The summed E-state index contributed by atoms with van der Waals surface area (Å²) < 4.78 is 5.29. The minimum atomic E-state index is -0.737. The van der Waals surface area contributed by atoms with E-state index in [0.717, 1.165) is 12.1 Å². The Kier molecular flexibility index (Phi) is 3.00. The lowest BCUT2D eigenvalue weighted by Crippen LogP contribution is -2.39. The Morgan fingerprint density at radius 1 is 1.67 bits per heavy atom. The molecular weight excluding hydrogens is 234 g/mol. The molecular formula is C12H15N3O3. The van der Waals surface area contributed by atoms with Gasteiger partial charge in [-0.15, -0.1) is 11.6 Å². The molecule has 2 aliphatic heterocycles. The monoisotopic (exact) mass is 249 g/mol. The first-order valence-corrected chi connectivity index (χ1v) is 5.84. The van der Waals surface area contributed by atoms with Gasteiger partial charge < -0.3 is 9.52 Å². The highest BCUT2D eigenvalue weighted by molar-refractivity contribution is 5.62. The molecule has 3 heterocycles. The Balaban J connectivity index is 1.81. The van der Waals surface area contributed by atoms with Crippen LogP contribution in [-0.4, -0.2) is 52.1 Å². The molecule has 0 aromatic carbocycles. The van der Waals surface area contributed by atoms with Gasteiger partial charge in [0.15, 0.2) is 6.35 Å². The maximum Gasteiger partial charge on any atom is 0.222 e. The predicted octanol–water partition coefficient (Wildman–Crippen LogP) is 0.451. The highest BCUT2D eigenvalue weighted by Crippen LogP contribution is 2.30. The summed E-state index contributed by atoms with van der Waals surface area (Å²) in [5.41, 5.74) is 0.972.